The van der Waals surface area contributed by atoms with Crippen LogP contribution in [0, 0.1) is 0 Å². The Morgan fingerprint density at radius 2 is 1.72 bits per heavy atom. The average molecular weight is 408 g/mol. The molecule has 0 atom stereocenters. The number of phenols is 1. The molecule has 1 N–H and O–H groups in total. The van der Waals surface area contributed by atoms with Gasteiger partial charge in [-0.2, -0.15) is 0 Å². The highest BCUT2D eigenvalue weighted by Gasteiger charge is 2.19. The van der Waals surface area contributed by atoms with Crippen molar-refractivity contribution in [1.82, 2.24) is 0 Å². The van der Waals surface area contributed by atoms with E-state index in [0.717, 1.165) is 20.7 Å². The van der Waals surface area contributed by atoms with Gasteiger partial charge in [0.1, 0.15) is 11.5 Å². The summed E-state index contributed by atoms with van der Waals surface area (Å²) in [6, 6.07) is 20.7. The third kappa shape index (κ3) is 3.99. The van der Waals surface area contributed by atoms with Crippen molar-refractivity contribution >= 4 is 21.4 Å². The molecule has 1 aromatic heterocycles. The zero-order valence-electron chi connectivity index (χ0n) is 16.0. The highest BCUT2D eigenvalue weighted by atomic mass is 32.1. The molecule has 6 heteroatoms. The molecule has 0 aliphatic carbocycles. The lowest BCUT2D eigenvalue weighted by atomic mass is 10.0. The van der Waals surface area contributed by atoms with Crippen molar-refractivity contribution in [2.24, 2.45) is 0 Å². The Morgan fingerprint density at radius 1 is 0.931 bits per heavy atom. The van der Waals surface area contributed by atoms with Crippen molar-refractivity contribution < 1.29 is 24.1 Å². The van der Waals surface area contributed by atoms with Gasteiger partial charge in [0.2, 0.25) is 0 Å². The third-order valence-electron chi connectivity index (χ3n) is 4.41. The maximum Gasteiger partial charge on any atom is 0.188 e. The quantitative estimate of drug-likeness (QED) is 0.377. The lowest BCUT2D eigenvalue weighted by Crippen LogP contribution is -1.98. The van der Waals surface area contributed by atoms with Crippen LogP contribution in [0.3, 0.4) is 0 Å². The molecule has 0 bridgehead atoms. The van der Waals surface area contributed by atoms with E-state index in [4.69, 9.17) is 18.9 Å². The van der Waals surface area contributed by atoms with Crippen LogP contribution in [0.2, 0.25) is 0 Å². The van der Waals surface area contributed by atoms with E-state index in [1.165, 1.54) is 11.3 Å². The minimum Gasteiger partial charge on any atom is -0.507 e. The zero-order valence-corrected chi connectivity index (χ0v) is 16.9. The van der Waals surface area contributed by atoms with E-state index < -0.39 is 0 Å². The fourth-order valence-electron chi connectivity index (χ4n) is 3.05. The Labute approximate surface area is 172 Å². The topological polar surface area (TPSA) is 57.2 Å². The van der Waals surface area contributed by atoms with Crippen LogP contribution >= 0.6 is 11.3 Å². The molecule has 0 amide bonds. The molecule has 0 radical (unpaired) electrons. The second-order valence-corrected chi connectivity index (χ2v) is 7.32. The largest absolute Gasteiger partial charge is 0.507 e. The predicted octanol–water partition coefficient (Wildman–Crippen LogP) is 6.06. The van der Waals surface area contributed by atoms with E-state index in [2.05, 4.69) is 0 Å². The second kappa shape index (κ2) is 8.43. The monoisotopic (exact) mass is 408 g/mol. The number of hydrogen-bond donors (Lipinski definition) is 1. The molecule has 4 aromatic rings. The van der Waals surface area contributed by atoms with E-state index in [9.17, 15) is 5.11 Å². The minimum atomic E-state index is 0.104. The van der Waals surface area contributed by atoms with Crippen molar-refractivity contribution in [1.29, 1.82) is 0 Å². The fraction of sp³-hybridized carbons (Fsp3) is 0.130. The summed E-state index contributed by atoms with van der Waals surface area (Å²) >= 11 is 1.54. The van der Waals surface area contributed by atoms with Gasteiger partial charge in [0.05, 0.1) is 12.7 Å². The number of thiophene rings is 1. The number of fused-ring (bicyclic) bond motifs is 1. The summed E-state index contributed by atoms with van der Waals surface area (Å²) in [5.74, 6) is 1.78. The number of aromatic hydroxyl groups is 1. The van der Waals surface area contributed by atoms with Crippen LogP contribution in [0.15, 0.2) is 66.7 Å². The molecule has 0 spiro atoms. The van der Waals surface area contributed by atoms with Crippen LogP contribution in [0.25, 0.3) is 21.2 Å². The molecule has 148 valence electrons. The Kier molecular flexibility index (Phi) is 5.55. The summed E-state index contributed by atoms with van der Waals surface area (Å²) < 4.78 is 23.2. The van der Waals surface area contributed by atoms with Crippen molar-refractivity contribution in [2.45, 2.75) is 0 Å². The molecule has 29 heavy (non-hydrogen) atoms. The summed E-state index contributed by atoms with van der Waals surface area (Å²) in [6.45, 7) is 0.171. The van der Waals surface area contributed by atoms with Gasteiger partial charge in [-0.25, -0.2) is 0 Å². The van der Waals surface area contributed by atoms with Gasteiger partial charge in [0.15, 0.2) is 23.4 Å². The molecular formula is C23H20O5S. The van der Waals surface area contributed by atoms with E-state index >= 15 is 0 Å². The van der Waals surface area contributed by atoms with Crippen LogP contribution in [-0.4, -0.2) is 26.1 Å². The summed E-state index contributed by atoms with van der Waals surface area (Å²) in [6.07, 6.45) is 0. The smallest absolute Gasteiger partial charge is 0.188 e. The lowest BCUT2D eigenvalue weighted by molar-refractivity contribution is 0.0511. The maximum atomic E-state index is 10.6. The first kappa shape index (κ1) is 19.1. The second-order valence-electron chi connectivity index (χ2n) is 6.27. The van der Waals surface area contributed by atoms with E-state index in [1.54, 1.807) is 26.4 Å². The molecule has 0 aliphatic heterocycles. The first-order valence-electron chi connectivity index (χ1n) is 8.98. The van der Waals surface area contributed by atoms with Gasteiger partial charge in [0.25, 0.3) is 0 Å². The first-order valence-corrected chi connectivity index (χ1v) is 9.80. The maximum absolute atomic E-state index is 10.6. The molecule has 0 saturated heterocycles. The third-order valence-corrected chi connectivity index (χ3v) is 5.41. The van der Waals surface area contributed by atoms with Crippen LogP contribution in [-0.2, 0) is 4.74 Å². The van der Waals surface area contributed by atoms with E-state index in [0.29, 0.717) is 22.8 Å². The standard InChI is InChI=1S/C23H20O5S/c1-25-14-27-17-9-7-15(8-10-17)22-18(24)11-12-19(26-2)23(22)28-21-13-16-5-3-4-6-20(16)29-21/h3-13,24H,14H2,1-2H3. The molecular weight excluding hydrogens is 388 g/mol. The van der Waals surface area contributed by atoms with Crippen LogP contribution in [0.1, 0.15) is 0 Å². The summed E-state index contributed by atoms with van der Waals surface area (Å²) in [7, 11) is 3.15. The van der Waals surface area contributed by atoms with Crippen LogP contribution in [0.4, 0.5) is 0 Å². The Balaban J connectivity index is 1.75. The minimum absolute atomic E-state index is 0.104. The summed E-state index contributed by atoms with van der Waals surface area (Å²) in [4.78, 5) is 0. The van der Waals surface area contributed by atoms with Crippen LogP contribution in [0.5, 0.6) is 28.1 Å². The van der Waals surface area contributed by atoms with Gasteiger partial charge in [-0.1, -0.05) is 41.7 Å². The predicted molar refractivity (Wildman–Crippen MR) is 114 cm³/mol. The molecule has 4 rings (SSSR count). The van der Waals surface area contributed by atoms with E-state index in [1.807, 2.05) is 54.6 Å². The number of rotatable bonds is 7. The van der Waals surface area contributed by atoms with Crippen LogP contribution < -0.4 is 14.2 Å². The van der Waals surface area contributed by atoms with Gasteiger partial charge in [0, 0.05) is 17.9 Å². The van der Waals surface area contributed by atoms with Gasteiger partial charge in [-0.15, -0.1) is 0 Å². The lowest BCUT2D eigenvalue weighted by Gasteiger charge is -2.16. The molecule has 5 nitrogen and oxygen atoms in total. The molecule has 0 unspecified atom stereocenters. The number of phenolic OH excluding ortho intramolecular Hbond substituents is 1. The number of hydrogen-bond acceptors (Lipinski definition) is 6. The Bertz CT molecular complexity index is 1090. The fourth-order valence-corrected chi connectivity index (χ4v) is 3.97. The van der Waals surface area contributed by atoms with Gasteiger partial charge >= 0.3 is 0 Å². The first-order chi connectivity index (χ1) is 14.2. The molecule has 3 aromatic carbocycles. The number of methoxy groups -OCH3 is 2. The molecule has 0 aliphatic rings. The van der Waals surface area contributed by atoms with Gasteiger partial charge in [-0.3, -0.25) is 0 Å². The Morgan fingerprint density at radius 3 is 2.45 bits per heavy atom. The Hall–Kier alpha value is -3.22. The molecule has 0 fully saturated rings. The molecule has 1 heterocycles. The van der Waals surface area contributed by atoms with Gasteiger partial charge < -0.3 is 24.1 Å². The molecule has 0 saturated carbocycles. The normalized spacial score (nSPS) is 10.8. The van der Waals surface area contributed by atoms with Crippen molar-refractivity contribution in [3.63, 3.8) is 0 Å². The van der Waals surface area contributed by atoms with Crippen molar-refractivity contribution in [3.05, 3.63) is 66.7 Å². The number of benzene rings is 3. The average Bonchev–Trinajstić information content (AvgIpc) is 3.15. The highest BCUT2D eigenvalue weighted by Crippen LogP contribution is 2.47. The highest BCUT2D eigenvalue weighted by molar-refractivity contribution is 7.20. The van der Waals surface area contributed by atoms with E-state index in [-0.39, 0.29) is 12.5 Å². The van der Waals surface area contributed by atoms with Crippen molar-refractivity contribution in [2.75, 3.05) is 21.0 Å². The van der Waals surface area contributed by atoms with Crippen molar-refractivity contribution in [3.8, 4) is 39.2 Å². The summed E-state index contributed by atoms with van der Waals surface area (Å²) in [5, 5.41) is 12.4. The zero-order chi connectivity index (χ0) is 20.2. The summed E-state index contributed by atoms with van der Waals surface area (Å²) in [5.41, 5.74) is 1.34. The van der Waals surface area contributed by atoms with Gasteiger partial charge in [-0.05, 0) is 41.3 Å². The SMILES string of the molecule is COCOc1ccc(-c2c(O)ccc(OC)c2Oc2cc3ccccc3s2)cc1. The number of ether oxygens (including phenoxy) is 4.